The molecule has 0 radical (unpaired) electrons. The van der Waals surface area contributed by atoms with Crippen molar-refractivity contribution in [2.75, 3.05) is 26.7 Å². The van der Waals surface area contributed by atoms with Gasteiger partial charge in [0.1, 0.15) is 0 Å². The molecule has 1 aromatic rings. The number of nitrogens with zero attached hydrogens (tertiary/aromatic N) is 2. The molecule has 2 rings (SSSR count). The second kappa shape index (κ2) is 5.68. The van der Waals surface area contributed by atoms with Gasteiger partial charge in [-0.2, -0.15) is 0 Å². The lowest BCUT2D eigenvalue weighted by Gasteiger charge is -2.27. The Morgan fingerprint density at radius 1 is 1.44 bits per heavy atom. The summed E-state index contributed by atoms with van der Waals surface area (Å²) in [6, 6.07) is 0. The predicted molar refractivity (Wildman–Crippen MR) is 78.3 cm³/mol. The van der Waals surface area contributed by atoms with Crippen LogP contribution in [-0.2, 0) is 5.41 Å². The van der Waals surface area contributed by atoms with E-state index in [9.17, 15) is 0 Å². The lowest BCUT2D eigenvalue weighted by Crippen LogP contribution is -2.29. The summed E-state index contributed by atoms with van der Waals surface area (Å²) >= 11 is 1.84. The highest BCUT2D eigenvalue weighted by molar-refractivity contribution is 7.09. The zero-order valence-corrected chi connectivity index (χ0v) is 12.6. The third kappa shape index (κ3) is 3.11. The highest BCUT2D eigenvalue weighted by Crippen LogP contribution is 2.34. The molecule has 1 fully saturated rings. The molecule has 0 spiro atoms. The van der Waals surface area contributed by atoms with Crippen LogP contribution >= 0.6 is 11.3 Å². The van der Waals surface area contributed by atoms with Gasteiger partial charge in [0.2, 0.25) is 0 Å². The first kappa shape index (κ1) is 14.0. The van der Waals surface area contributed by atoms with Gasteiger partial charge in [0.25, 0.3) is 0 Å². The molecule has 1 aromatic heterocycles. The normalized spacial score (nSPS) is 19.3. The lowest BCUT2D eigenvalue weighted by atomic mass is 9.86. The Bertz CT molecular complexity index is 378. The Labute approximate surface area is 114 Å². The van der Waals surface area contributed by atoms with E-state index < -0.39 is 0 Å². The van der Waals surface area contributed by atoms with Crippen LogP contribution in [0.3, 0.4) is 0 Å². The van der Waals surface area contributed by atoms with Crippen molar-refractivity contribution in [2.45, 2.75) is 44.4 Å². The highest BCUT2D eigenvalue weighted by atomic mass is 32.1. The molecule has 0 bridgehead atoms. The van der Waals surface area contributed by atoms with Gasteiger partial charge in [-0.25, -0.2) is 4.98 Å². The minimum atomic E-state index is 0.120. The maximum atomic E-state index is 5.69. The summed E-state index contributed by atoms with van der Waals surface area (Å²) in [6.07, 6.45) is 3.51. The zero-order valence-electron chi connectivity index (χ0n) is 11.8. The van der Waals surface area contributed by atoms with E-state index in [1.165, 1.54) is 36.6 Å². The second-order valence-electron chi connectivity index (χ2n) is 6.07. The van der Waals surface area contributed by atoms with Crippen LogP contribution in [0.1, 0.15) is 49.7 Å². The van der Waals surface area contributed by atoms with Crippen molar-refractivity contribution in [3.05, 3.63) is 16.1 Å². The minimum Gasteiger partial charge on any atom is -0.330 e. The van der Waals surface area contributed by atoms with Crippen LogP contribution in [0.4, 0.5) is 0 Å². The zero-order chi connectivity index (χ0) is 13.2. The molecule has 2 heterocycles. The van der Waals surface area contributed by atoms with Gasteiger partial charge in [0.05, 0.1) is 10.7 Å². The van der Waals surface area contributed by atoms with Crippen LogP contribution in [0.5, 0.6) is 0 Å². The molecule has 4 heteroatoms. The number of hydrogen-bond donors (Lipinski definition) is 1. The van der Waals surface area contributed by atoms with Crippen molar-refractivity contribution < 1.29 is 0 Å². The highest BCUT2D eigenvalue weighted by Gasteiger charge is 2.26. The van der Waals surface area contributed by atoms with E-state index in [1.54, 1.807) is 0 Å². The molecule has 0 atom stereocenters. The molecule has 102 valence electrons. The number of nitrogens with two attached hydrogens (primary N) is 1. The number of aromatic nitrogens is 1. The maximum absolute atomic E-state index is 5.69. The largest absolute Gasteiger partial charge is 0.330 e. The summed E-state index contributed by atoms with van der Waals surface area (Å²) in [5.41, 5.74) is 7.04. The summed E-state index contributed by atoms with van der Waals surface area (Å²) < 4.78 is 0. The molecule has 0 aliphatic carbocycles. The monoisotopic (exact) mass is 267 g/mol. The van der Waals surface area contributed by atoms with E-state index in [1.807, 2.05) is 11.3 Å². The Morgan fingerprint density at radius 3 is 2.72 bits per heavy atom. The summed E-state index contributed by atoms with van der Waals surface area (Å²) in [5.74, 6) is 0.675. The molecule has 0 saturated carbocycles. The van der Waals surface area contributed by atoms with E-state index in [0.29, 0.717) is 5.92 Å². The second-order valence-corrected chi connectivity index (χ2v) is 6.96. The number of hydrogen-bond acceptors (Lipinski definition) is 4. The first-order valence-electron chi connectivity index (χ1n) is 6.87. The SMILES string of the molecule is CN1CCC(c2nc(C(C)(C)CCN)cs2)CC1. The van der Waals surface area contributed by atoms with Crippen LogP contribution in [0.15, 0.2) is 5.38 Å². The maximum Gasteiger partial charge on any atom is 0.0960 e. The first-order valence-corrected chi connectivity index (χ1v) is 7.75. The topological polar surface area (TPSA) is 42.2 Å². The smallest absolute Gasteiger partial charge is 0.0960 e. The van der Waals surface area contributed by atoms with Gasteiger partial charge >= 0.3 is 0 Å². The predicted octanol–water partition coefficient (Wildman–Crippen LogP) is 2.58. The van der Waals surface area contributed by atoms with Crippen molar-refractivity contribution in [1.82, 2.24) is 9.88 Å². The van der Waals surface area contributed by atoms with Crippen LogP contribution in [0.25, 0.3) is 0 Å². The van der Waals surface area contributed by atoms with Crippen LogP contribution in [0.2, 0.25) is 0 Å². The van der Waals surface area contributed by atoms with Gasteiger partial charge in [-0.1, -0.05) is 13.8 Å². The average molecular weight is 267 g/mol. The van der Waals surface area contributed by atoms with Gasteiger partial charge < -0.3 is 10.6 Å². The Kier molecular flexibility index (Phi) is 4.41. The van der Waals surface area contributed by atoms with Crippen LogP contribution in [0, 0.1) is 0 Å². The molecular weight excluding hydrogens is 242 g/mol. The molecule has 1 saturated heterocycles. The van der Waals surface area contributed by atoms with Crippen LogP contribution in [-0.4, -0.2) is 36.6 Å². The molecule has 0 amide bonds. The van der Waals surface area contributed by atoms with E-state index >= 15 is 0 Å². The quantitative estimate of drug-likeness (QED) is 0.911. The number of piperidine rings is 1. The summed E-state index contributed by atoms with van der Waals surface area (Å²) in [6.45, 7) is 7.62. The summed E-state index contributed by atoms with van der Waals surface area (Å²) in [5, 5.41) is 3.58. The molecule has 1 aliphatic heterocycles. The van der Waals surface area contributed by atoms with E-state index in [4.69, 9.17) is 10.7 Å². The molecule has 3 nitrogen and oxygen atoms in total. The van der Waals surface area contributed by atoms with Crippen molar-refractivity contribution in [3.8, 4) is 0 Å². The lowest BCUT2D eigenvalue weighted by molar-refractivity contribution is 0.255. The molecule has 0 aromatic carbocycles. The summed E-state index contributed by atoms with van der Waals surface area (Å²) in [7, 11) is 2.20. The average Bonchev–Trinajstić information content (AvgIpc) is 2.80. The molecule has 0 unspecified atom stereocenters. The Hall–Kier alpha value is -0.450. The Morgan fingerprint density at radius 2 is 2.11 bits per heavy atom. The number of likely N-dealkylation sites (tertiary alicyclic amines) is 1. The number of rotatable bonds is 4. The van der Waals surface area contributed by atoms with Gasteiger partial charge in [-0.05, 0) is 45.9 Å². The van der Waals surface area contributed by atoms with Gasteiger partial charge in [0, 0.05) is 16.7 Å². The third-order valence-electron chi connectivity index (χ3n) is 4.05. The van der Waals surface area contributed by atoms with Gasteiger partial charge in [-0.15, -0.1) is 11.3 Å². The fourth-order valence-corrected chi connectivity index (χ4v) is 3.71. The summed E-state index contributed by atoms with van der Waals surface area (Å²) in [4.78, 5) is 7.30. The molecule has 1 aliphatic rings. The van der Waals surface area contributed by atoms with Crippen molar-refractivity contribution >= 4 is 11.3 Å². The molecule has 2 N–H and O–H groups in total. The van der Waals surface area contributed by atoms with Crippen molar-refractivity contribution in [1.29, 1.82) is 0 Å². The van der Waals surface area contributed by atoms with Crippen molar-refractivity contribution in [3.63, 3.8) is 0 Å². The minimum absolute atomic E-state index is 0.120. The standard InChI is InChI=1S/C14H25N3S/c1-14(2,6-7-15)12-10-18-13(16-12)11-4-8-17(3)9-5-11/h10-11H,4-9,15H2,1-3H3. The number of thiazole rings is 1. The van der Waals surface area contributed by atoms with E-state index in [0.717, 1.165) is 13.0 Å². The Balaban J connectivity index is 2.06. The molecule has 18 heavy (non-hydrogen) atoms. The van der Waals surface area contributed by atoms with Gasteiger partial charge in [0.15, 0.2) is 0 Å². The fraction of sp³-hybridized carbons (Fsp3) is 0.786. The molecular formula is C14H25N3S. The first-order chi connectivity index (χ1) is 8.53. The van der Waals surface area contributed by atoms with Gasteiger partial charge in [-0.3, -0.25) is 0 Å². The van der Waals surface area contributed by atoms with E-state index in [-0.39, 0.29) is 5.41 Å². The van der Waals surface area contributed by atoms with Crippen molar-refractivity contribution in [2.24, 2.45) is 5.73 Å². The third-order valence-corrected chi connectivity index (χ3v) is 5.06. The fourth-order valence-electron chi connectivity index (χ4n) is 2.53. The van der Waals surface area contributed by atoms with Crippen LogP contribution < -0.4 is 5.73 Å². The van der Waals surface area contributed by atoms with E-state index in [2.05, 4.69) is 31.2 Å².